The zero-order chi connectivity index (χ0) is 27.3. The zero-order valence-corrected chi connectivity index (χ0v) is 22.7. The quantitative estimate of drug-likeness (QED) is 0.565. The average molecular weight is 572 g/mol. The van der Waals surface area contributed by atoms with Crippen molar-refractivity contribution in [2.75, 3.05) is 31.1 Å². The smallest absolute Gasteiger partial charge is 0.376 e. The van der Waals surface area contributed by atoms with E-state index in [1.807, 2.05) is 0 Å². The van der Waals surface area contributed by atoms with Gasteiger partial charge in [0.1, 0.15) is 9.99 Å². The van der Waals surface area contributed by atoms with Crippen molar-refractivity contribution in [3.8, 4) is 0 Å². The summed E-state index contributed by atoms with van der Waals surface area (Å²) >= 11 is 1.17. The van der Waals surface area contributed by atoms with E-state index in [-0.39, 0.29) is 46.8 Å². The van der Waals surface area contributed by atoms with Crippen LogP contribution < -0.4 is 4.90 Å². The van der Waals surface area contributed by atoms with Gasteiger partial charge in [-0.2, -0.15) is 17.5 Å². The van der Waals surface area contributed by atoms with Gasteiger partial charge in [-0.3, -0.25) is 9.69 Å². The van der Waals surface area contributed by atoms with E-state index in [9.17, 15) is 31.5 Å². The van der Waals surface area contributed by atoms with Crippen LogP contribution in [0.15, 0.2) is 46.0 Å². The molecule has 1 aromatic carbocycles. The van der Waals surface area contributed by atoms with Crippen molar-refractivity contribution in [2.45, 2.75) is 73.1 Å². The Morgan fingerprint density at radius 2 is 1.71 bits per heavy atom. The highest BCUT2D eigenvalue weighted by molar-refractivity contribution is 7.91. The Hall–Kier alpha value is -1.99. The van der Waals surface area contributed by atoms with Crippen LogP contribution in [0.25, 0.3) is 0 Å². The molecule has 1 aromatic heterocycles. The molecule has 0 amide bonds. The van der Waals surface area contributed by atoms with Crippen LogP contribution in [0.2, 0.25) is 0 Å². The molecule has 4 heterocycles. The maximum absolute atomic E-state index is 13.4. The molecular formula is C26H32F3N3O4S2. The molecule has 3 aliphatic heterocycles. The number of hydrogen-bond donors (Lipinski definition) is 1. The van der Waals surface area contributed by atoms with Gasteiger partial charge in [-0.05, 0) is 48.9 Å². The lowest BCUT2D eigenvalue weighted by Gasteiger charge is -2.50. The van der Waals surface area contributed by atoms with E-state index in [0.29, 0.717) is 31.6 Å². The number of piperazine rings is 1. The number of ketones is 1. The van der Waals surface area contributed by atoms with Crippen molar-refractivity contribution < 1.29 is 31.5 Å². The average Bonchev–Trinajstić information content (AvgIpc) is 3.40. The molecule has 7 nitrogen and oxygen atoms in total. The largest absolute Gasteiger partial charge is 0.421 e. The Morgan fingerprint density at radius 3 is 2.29 bits per heavy atom. The van der Waals surface area contributed by atoms with E-state index in [4.69, 9.17) is 0 Å². The van der Waals surface area contributed by atoms with Crippen molar-refractivity contribution in [2.24, 2.45) is 0 Å². The lowest BCUT2D eigenvalue weighted by atomic mass is 9.83. The molecule has 0 saturated carbocycles. The first-order valence-corrected chi connectivity index (χ1v) is 15.2. The molecule has 3 fully saturated rings. The van der Waals surface area contributed by atoms with Gasteiger partial charge in [-0.15, -0.1) is 11.3 Å². The van der Waals surface area contributed by atoms with Gasteiger partial charge in [0, 0.05) is 56.8 Å². The van der Waals surface area contributed by atoms with Crippen molar-refractivity contribution in [3.63, 3.8) is 0 Å². The van der Waals surface area contributed by atoms with Crippen LogP contribution in [-0.2, 0) is 20.4 Å². The van der Waals surface area contributed by atoms with Gasteiger partial charge in [0.2, 0.25) is 0 Å². The van der Waals surface area contributed by atoms with Crippen molar-refractivity contribution in [1.82, 2.24) is 9.21 Å². The fraction of sp³-hybridized carbons (Fsp3) is 0.577. The minimum absolute atomic E-state index is 0.130. The first-order valence-electron chi connectivity index (χ1n) is 12.9. The summed E-state index contributed by atoms with van der Waals surface area (Å²) in [5.41, 5.74) is -2.56. The highest BCUT2D eigenvalue weighted by Gasteiger charge is 2.51. The SMILES string of the molecule is CC(O)(c1ccc(N2CCN(S(=O)(=O)c3cccs3)C[C@@H]2CN2C3CCCC2CC(=O)C3)cc1)C(F)(F)F. The van der Waals surface area contributed by atoms with Crippen LogP contribution in [-0.4, -0.2) is 79.0 Å². The summed E-state index contributed by atoms with van der Waals surface area (Å²) in [4.78, 5) is 16.7. The molecule has 3 aliphatic rings. The fourth-order valence-corrected chi connectivity index (χ4v) is 8.64. The number of halogens is 3. The summed E-state index contributed by atoms with van der Waals surface area (Å²) in [5, 5.41) is 11.8. The number of rotatable bonds is 6. The topological polar surface area (TPSA) is 81.2 Å². The number of anilines is 1. The van der Waals surface area contributed by atoms with Gasteiger partial charge in [0.05, 0.1) is 6.04 Å². The number of carbonyl (C=O) groups is 1. The van der Waals surface area contributed by atoms with E-state index in [0.717, 1.165) is 26.2 Å². The Balaban J connectivity index is 1.43. The van der Waals surface area contributed by atoms with Crippen molar-refractivity contribution in [1.29, 1.82) is 0 Å². The lowest BCUT2D eigenvalue weighted by Crippen LogP contribution is -2.62. The standard InChI is InChI=1S/C26H32F3N3O4S2/c1-25(34,26(27,28)29)18-7-9-19(10-8-18)31-12-11-30(38(35,36)24-6-3-13-37-24)16-22(31)17-32-20-4-2-5-21(32)15-23(33)14-20/h3,6-10,13,20-22,34H,2,4-5,11-12,14-17H2,1H3/t20?,21?,22-,25?/m1/s1. The van der Waals surface area contributed by atoms with Crippen LogP contribution in [0.5, 0.6) is 0 Å². The third kappa shape index (κ3) is 5.13. The summed E-state index contributed by atoms with van der Waals surface area (Å²) in [7, 11) is -3.67. The molecule has 0 aliphatic carbocycles. The molecule has 12 heteroatoms. The lowest BCUT2D eigenvalue weighted by molar-refractivity contribution is -0.258. The number of thiophene rings is 1. The molecule has 1 N–H and O–H groups in total. The van der Waals surface area contributed by atoms with Crippen LogP contribution in [0.3, 0.4) is 0 Å². The van der Waals surface area contributed by atoms with Crippen LogP contribution in [0.1, 0.15) is 44.6 Å². The van der Waals surface area contributed by atoms with E-state index in [1.54, 1.807) is 29.6 Å². The minimum Gasteiger partial charge on any atom is -0.376 e. The van der Waals surface area contributed by atoms with E-state index in [1.165, 1.54) is 27.8 Å². The number of Topliss-reactive ketones (excluding diaryl/α,β-unsaturated/α-hetero) is 1. The van der Waals surface area contributed by atoms with Gasteiger partial charge in [-0.25, -0.2) is 8.42 Å². The Morgan fingerprint density at radius 1 is 1.05 bits per heavy atom. The van der Waals surface area contributed by atoms with E-state index >= 15 is 0 Å². The number of alkyl halides is 3. The number of fused-ring (bicyclic) bond motifs is 2. The molecule has 0 spiro atoms. The van der Waals surface area contributed by atoms with Gasteiger partial charge < -0.3 is 10.0 Å². The predicted molar refractivity (Wildman–Crippen MR) is 139 cm³/mol. The number of piperidine rings is 2. The number of sulfonamides is 1. The molecule has 4 atom stereocenters. The molecule has 38 heavy (non-hydrogen) atoms. The molecule has 2 aromatic rings. The first-order chi connectivity index (χ1) is 17.9. The third-order valence-corrected chi connectivity index (χ3v) is 11.4. The van der Waals surface area contributed by atoms with E-state index < -0.39 is 21.8 Å². The number of benzene rings is 1. The fourth-order valence-electron chi connectivity index (χ4n) is 6.03. The minimum atomic E-state index is -4.82. The highest BCUT2D eigenvalue weighted by Crippen LogP contribution is 2.39. The normalized spacial score (nSPS) is 27.3. The summed E-state index contributed by atoms with van der Waals surface area (Å²) in [6, 6.07) is 8.98. The molecule has 5 rings (SSSR count). The molecule has 3 unspecified atom stereocenters. The van der Waals surface area contributed by atoms with Gasteiger partial charge >= 0.3 is 6.18 Å². The van der Waals surface area contributed by atoms with Crippen molar-refractivity contribution >= 4 is 32.8 Å². The number of carbonyl (C=O) groups excluding carboxylic acids is 1. The summed E-state index contributed by atoms with van der Waals surface area (Å²) in [6.07, 6.45) is -0.903. The van der Waals surface area contributed by atoms with Gasteiger partial charge in [0.15, 0.2) is 5.60 Å². The number of aliphatic hydroxyl groups is 1. The number of hydrogen-bond acceptors (Lipinski definition) is 7. The molecule has 208 valence electrons. The predicted octanol–water partition coefficient (Wildman–Crippen LogP) is 3.98. The summed E-state index contributed by atoms with van der Waals surface area (Å²) < 4.78 is 68.5. The monoisotopic (exact) mass is 571 g/mol. The second kappa shape index (κ2) is 10.2. The van der Waals surface area contributed by atoms with E-state index in [2.05, 4.69) is 9.80 Å². The molecule has 3 saturated heterocycles. The van der Waals surface area contributed by atoms with Gasteiger partial charge in [0.25, 0.3) is 10.0 Å². The Kier molecular flexibility index (Phi) is 7.40. The molecular weight excluding hydrogens is 539 g/mol. The highest BCUT2D eigenvalue weighted by atomic mass is 32.2. The maximum atomic E-state index is 13.4. The molecule has 2 bridgehead atoms. The van der Waals surface area contributed by atoms with Crippen LogP contribution in [0.4, 0.5) is 18.9 Å². The zero-order valence-electron chi connectivity index (χ0n) is 21.1. The number of nitrogens with zero attached hydrogens (tertiary/aromatic N) is 3. The van der Waals surface area contributed by atoms with Crippen LogP contribution in [0, 0.1) is 0 Å². The second-order valence-corrected chi connectivity index (χ2v) is 13.8. The summed E-state index contributed by atoms with van der Waals surface area (Å²) in [5.74, 6) is 0.269. The van der Waals surface area contributed by atoms with Gasteiger partial charge in [-0.1, -0.05) is 24.6 Å². The van der Waals surface area contributed by atoms with Crippen LogP contribution >= 0.6 is 11.3 Å². The maximum Gasteiger partial charge on any atom is 0.421 e. The Labute approximate surface area is 224 Å². The summed E-state index contributed by atoms with van der Waals surface area (Å²) in [6.45, 7) is 2.12. The first kappa shape index (κ1) is 27.6. The second-order valence-electron chi connectivity index (χ2n) is 10.6. The van der Waals surface area contributed by atoms with Crippen molar-refractivity contribution in [3.05, 3.63) is 47.3 Å². The third-order valence-electron chi connectivity index (χ3n) is 8.21. The Bertz CT molecular complexity index is 1230. The molecule has 0 radical (unpaired) electrons.